The molecular weight excluding hydrogens is 245 g/mol. The molecule has 2 rings (SSSR count). The Labute approximate surface area is 106 Å². The van der Waals surface area contributed by atoms with E-state index < -0.39 is 5.60 Å². The Hall–Kier alpha value is -0.280. The van der Waals surface area contributed by atoms with E-state index in [-0.39, 0.29) is 0 Å². The van der Waals surface area contributed by atoms with Crippen molar-refractivity contribution in [1.29, 1.82) is 0 Å². The number of hydrogen-bond donors (Lipinski definition) is 2. The van der Waals surface area contributed by atoms with Crippen molar-refractivity contribution < 1.29 is 5.11 Å². The molecule has 0 aliphatic heterocycles. The number of aliphatic hydroxyl groups is 1. The van der Waals surface area contributed by atoms with Gasteiger partial charge in [0.15, 0.2) is 0 Å². The molecule has 0 radical (unpaired) electrons. The quantitative estimate of drug-likeness (QED) is 0.872. The van der Waals surface area contributed by atoms with Crippen LogP contribution in [0.25, 0.3) is 0 Å². The normalized spacial score (nSPS) is 18.2. The van der Waals surface area contributed by atoms with Crippen LogP contribution in [-0.2, 0) is 6.54 Å². The molecular formula is C12H15Cl2NO. The molecule has 0 saturated heterocycles. The van der Waals surface area contributed by atoms with Gasteiger partial charge in [0.2, 0.25) is 0 Å². The average molecular weight is 260 g/mol. The monoisotopic (exact) mass is 259 g/mol. The second kappa shape index (κ2) is 4.92. The maximum atomic E-state index is 9.89. The lowest BCUT2D eigenvalue weighted by Gasteiger charge is -2.36. The molecule has 0 bridgehead atoms. The summed E-state index contributed by atoms with van der Waals surface area (Å²) in [5.41, 5.74) is 0.475. The lowest BCUT2D eigenvalue weighted by Crippen LogP contribution is -2.45. The molecule has 2 nitrogen and oxygen atoms in total. The number of nitrogens with one attached hydrogen (secondary N) is 1. The van der Waals surface area contributed by atoms with Crippen molar-refractivity contribution in [1.82, 2.24) is 5.32 Å². The molecule has 4 heteroatoms. The van der Waals surface area contributed by atoms with Gasteiger partial charge in [-0.05, 0) is 43.0 Å². The molecule has 88 valence electrons. The van der Waals surface area contributed by atoms with Crippen LogP contribution in [0.3, 0.4) is 0 Å². The van der Waals surface area contributed by atoms with Gasteiger partial charge in [-0.3, -0.25) is 0 Å². The third-order valence-electron chi connectivity index (χ3n) is 3.06. The standard InChI is InChI=1S/C12H15Cl2NO/c13-10-2-3-11(14)9(6-10)7-15-8-12(16)4-1-5-12/h2-3,6,15-16H,1,4-5,7-8H2. The van der Waals surface area contributed by atoms with Gasteiger partial charge in [0, 0.05) is 23.1 Å². The summed E-state index contributed by atoms with van der Waals surface area (Å²) >= 11 is 11.9. The van der Waals surface area contributed by atoms with Crippen molar-refractivity contribution in [3.63, 3.8) is 0 Å². The van der Waals surface area contributed by atoms with Crippen LogP contribution < -0.4 is 5.32 Å². The fraction of sp³-hybridized carbons (Fsp3) is 0.500. The van der Waals surface area contributed by atoms with Gasteiger partial charge in [-0.25, -0.2) is 0 Å². The van der Waals surface area contributed by atoms with Crippen molar-refractivity contribution in [2.45, 2.75) is 31.4 Å². The topological polar surface area (TPSA) is 32.3 Å². The van der Waals surface area contributed by atoms with Gasteiger partial charge in [0.1, 0.15) is 0 Å². The minimum Gasteiger partial charge on any atom is -0.389 e. The fourth-order valence-electron chi connectivity index (χ4n) is 1.87. The third-order valence-corrected chi connectivity index (χ3v) is 3.67. The Morgan fingerprint density at radius 2 is 2.06 bits per heavy atom. The zero-order chi connectivity index (χ0) is 11.6. The lowest BCUT2D eigenvalue weighted by molar-refractivity contribution is -0.0314. The van der Waals surface area contributed by atoms with E-state index in [0.29, 0.717) is 23.1 Å². The Kier molecular flexibility index (Phi) is 3.75. The molecule has 0 atom stereocenters. The van der Waals surface area contributed by atoms with E-state index in [0.717, 1.165) is 24.8 Å². The summed E-state index contributed by atoms with van der Waals surface area (Å²) < 4.78 is 0. The van der Waals surface area contributed by atoms with Crippen LogP contribution in [0.4, 0.5) is 0 Å². The van der Waals surface area contributed by atoms with Crippen LogP contribution in [-0.4, -0.2) is 17.3 Å². The summed E-state index contributed by atoms with van der Waals surface area (Å²) in [5, 5.41) is 14.5. The number of rotatable bonds is 4. The molecule has 0 amide bonds. The number of benzene rings is 1. The Balaban J connectivity index is 1.87. The molecule has 1 aromatic rings. The second-order valence-corrected chi connectivity index (χ2v) is 5.26. The minimum absolute atomic E-state index is 0.495. The largest absolute Gasteiger partial charge is 0.389 e. The Morgan fingerprint density at radius 3 is 2.69 bits per heavy atom. The molecule has 1 fully saturated rings. The number of hydrogen-bond acceptors (Lipinski definition) is 2. The van der Waals surface area contributed by atoms with Gasteiger partial charge in [-0.15, -0.1) is 0 Å². The van der Waals surface area contributed by atoms with Crippen molar-refractivity contribution in [3.8, 4) is 0 Å². The highest BCUT2D eigenvalue weighted by Gasteiger charge is 2.33. The van der Waals surface area contributed by atoms with Crippen LogP contribution in [0.5, 0.6) is 0 Å². The highest BCUT2D eigenvalue weighted by Crippen LogP contribution is 2.30. The van der Waals surface area contributed by atoms with Crippen molar-refractivity contribution in [3.05, 3.63) is 33.8 Å². The van der Waals surface area contributed by atoms with Gasteiger partial charge < -0.3 is 10.4 Å². The molecule has 1 aliphatic rings. The van der Waals surface area contributed by atoms with Crippen molar-refractivity contribution >= 4 is 23.2 Å². The van der Waals surface area contributed by atoms with Crippen LogP contribution in [0.1, 0.15) is 24.8 Å². The predicted molar refractivity (Wildman–Crippen MR) is 67.0 cm³/mol. The molecule has 0 unspecified atom stereocenters. The first-order valence-electron chi connectivity index (χ1n) is 5.46. The summed E-state index contributed by atoms with van der Waals surface area (Å²) in [6.45, 7) is 1.26. The van der Waals surface area contributed by atoms with E-state index in [4.69, 9.17) is 23.2 Å². The van der Waals surface area contributed by atoms with E-state index in [1.165, 1.54) is 0 Å². The average Bonchev–Trinajstić information content (AvgIpc) is 2.21. The zero-order valence-electron chi connectivity index (χ0n) is 8.97. The first-order chi connectivity index (χ1) is 7.59. The zero-order valence-corrected chi connectivity index (χ0v) is 10.5. The highest BCUT2D eigenvalue weighted by atomic mass is 35.5. The van der Waals surface area contributed by atoms with Crippen molar-refractivity contribution in [2.24, 2.45) is 0 Å². The maximum Gasteiger partial charge on any atom is 0.0771 e. The molecule has 16 heavy (non-hydrogen) atoms. The minimum atomic E-state index is -0.495. The molecule has 0 spiro atoms. The molecule has 1 aromatic carbocycles. The molecule has 0 heterocycles. The Bertz CT molecular complexity index is 377. The second-order valence-electron chi connectivity index (χ2n) is 4.42. The van der Waals surface area contributed by atoms with E-state index in [9.17, 15) is 5.11 Å². The van der Waals surface area contributed by atoms with Gasteiger partial charge in [-0.2, -0.15) is 0 Å². The van der Waals surface area contributed by atoms with Gasteiger partial charge in [0.05, 0.1) is 5.60 Å². The van der Waals surface area contributed by atoms with E-state index in [1.54, 1.807) is 12.1 Å². The highest BCUT2D eigenvalue weighted by molar-refractivity contribution is 6.33. The van der Waals surface area contributed by atoms with Gasteiger partial charge in [-0.1, -0.05) is 23.2 Å². The summed E-state index contributed by atoms with van der Waals surface area (Å²) in [6.07, 6.45) is 2.91. The van der Waals surface area contributed by atoms with Gasteiger partial charge >= 0.3 is 0 Å². The van der Waals surface area contributed by atoms with Crippen molar-refractivity contribution in [2.75, 3.05) is 6.54 Å². The molecule has 1 saturated carbocycles. The van der Waals surface area contributed by atoms with Crippen LogP contribution >= 0.6 is 23.2 Å². The lowest BCUT2D eigenvalue weighted by atomic mass is 9.80. The summed E-state index contributed by atoms with van der Waals surface area (Å²) in [6, 6.07) is 5.41. The Morgan fingerprint density at radius 1 is 1.31 bits per heavy atom. The molecule has 0 aromatic heterocycles. The SMILES string of the molecule is OC1(CNCc2cc(Cl)ccc2Cl)CCC1. The summed E-state index contributed by atoms with van der Waals surface area (Å²) in [5.74, 6) is 0. The van der Waals surface area contributed by atoms with Crippen LogP contribution in [0.2, 0.25) is 10.0 Å². The molecule has 1 aliphatic carbocycles. The summed E-state index contributed by atoms with van der Waals surface area (Å²) in [7, 11) is 0. The van der Waals surface area contributed by atoms with Crippen LogP contribution in [0.15, 0.2) is 18.2 Å². The van der Waals surface area contributed by atoms with E-state index in [2.05, 4.69) is 5.32 Å². The van der Waals surface area contributed by atoms with Gasteiger partial charge in [0.25, 0.3) is 0 Å². The summed E-state index contributed by atoms with van der Waals surface area (Å²) in [4.78, 5) is 0. The van der Waals surface area contributed by atoms with E-state index >= 15 is 0 Å². The van der Waals surface area contributed by atoms with Crippen LogP contribution in [0, 0.1) is 0 Å². The third kappa shape index (κ3) is 2.89. The van der Waals surface area contributed by atoms with E-state index in [1.807, 2.05) is 6.07 Å². The molecule has 2 N–H and O–H groups in total. The predicted octanol–water partition coefficient (Wildman–Crippen LogP) is 3.00. The first kappa shape index (κ1) is 12.2. The number of halogens is 2. The first-order valence-corrected chi connectivity index (χ1v) is 6.22. The fourth-order valence-corrected chi connectivity index (χ4v) is 2.25. The smallest absolute Gasteiger partial charge is 0.0771 e. The maximum absolute atomic E-state index is 9.89.